The number of benzene rings is 1. The highest BCUT2D eigenvalue weighted by molar-refractivity contribution is 5.59. The van der Waals surface area contributed by atoms with Crippen LogP contribution in [0.15, 0.2) is 60.7 Å². The summed E-state index contributed by atoms with van der Waals surface area (Å²) >= 11 is 0. The van der Waals surface area contributed by atoms with E-state index in [-0.39, 0.29) is 6.04 Å². The van der Waals surface area contributed by atoms with Gasteiger partial charge in [0, 0.05) is 6.08 Å². The molecule has 1 atom stereocenters. The van der Waals surface area contributed by atoms with Gasteiger partial charge in [-0.15, -0.1) is 0 Å². The van der Waals surface area contributed by atoms with Crippen LogP contribution in [0.4, 0.5) is 5.69 Å². The van der Waals surface area contributed by atoms with Crippen LogP contribution in [-0.2, 0) is 0 Å². The van der Waals surface area contributed by atoms with Crippen LogP contribution in [-0.4, -0.2) is 0 Å². The van der Waals surface area contributed by atoms with Gasteiger partial charge in [0.05, 0.1) is 17.8 Å². The van der Waals surface area contributed by atoms with Crippen molar-refractivity contribution in [2.24, 2.45) is 0 Å². The van der Waals surface area contributed by atoms with Gasteiger partial charge in [0.25, 0.3) is 0 Å². The maximum Gasteiger partial charge on any atom is 0.0912 e. The predicted molar refractivity (Wildman–Crippen MR) is 69.0 cm³/mol. The second kappa shape index (κ2) is 5.15. The van der Waals surface area contributed by atoms with Crippen molar-refractivity contribution >= 4 is 5.69 Å². The maximum absolute atomic E-state index is 8.46. The second-order valence-corrected chi connectivity index (χ2v) is 3.65. The molecule has 1 unspecified atom stereocenters. The molecule has 0 fully saturated rings. The van der Waals surface area contributed by atoms with Gasteiger partial charge >= 0.3 is 0 Å². The van der Waals surface area contributed by atoms with Gasteiger partial charge in [-0.2, -0.15) is 5.26 Å². The number of hydrazine groups is 1. The van der Waals surface area contributed by atoms with Crippen LogP contribution in [0.25, 0.3) is 0 Å². The largest absolute Gasteiger partial charge is 0.320 e. The van der Waals surface area contributed by atoms with Crippen LogP contribution in [0.2, 0.25) is 0 Å². The topological polar surface area (TPSA) is 47.9 Å². The van der Waals surface area contributed by atoms with Gasteiger partial charge in [-0.1, -0.05) is 43.0 Å². The number of para-hydroxylation sites is 1. The standard InChI is InChI=1S/C14H13N3/c1-2-11(7-5-6-10-15)14-12-8-3-4-9-13(12)16-17-14/h2-9,14,16-17H,1H2/b6-5-,11-7+. The Morgan fingerprint density at radius 1 is 1.41 bits per heavy atom. The van der Waals surface area contributed by atoms with Gasteiger partial charge in [0.15, 0.2) is 0 Å². The molecule has 1 aliphatic rings. The zero-order valence-electron chi connectivity index (χ0n) is 9.35. The Morgan fingerprint density at radius 2 is 2.24 bits per heavy atom. The maximum atomic E-state index is 8.46. The first-order valence-corrected chi connectivity index (χ1v) is 5.36. The van der Waals surface area contributed by atoms with Crippen molar-refractivity contribution in [3.05, 3.63) is 66.3 Å². The lowest BCUT2D eigenvalue weighted by Crippen LogP contribution is -2.19. The molecule has 1 aromatic rings. The number of anilines is 1. The van der Waals surface area contributed by atoms with E-state index < -0.39 is 0 Å². The van der Waals surface area contributed by atoms with Gasteiger partial charge in [-0.25, -0.2) is 5.43 Å². The smallest absolute Gasteiger partial charge is 0.0912 e. The fourth-order valence-corrected chi connectivity index (χ4v) is 1.84. The molecule has 0 spiro atoms. The lowest BCUT2D eigenvalue weighted by Gasteiger charge is -2.11. The molecule has 84 valence electrons. The Hall–Kier alpha value is -2.31. The van der Waals surface area contributed by atoms with Crippen molar-refractivity contribution in [3.63, 3.8) is 0 Å². The van der Waals surface area contributed by atoms with Gasteiger partial charge in [-0.3, -0.25) is 0 Å². The van der Waals surface area contributed by atoms with E-state index in [0.717, 1.165) is 11.3 Å². The first-order chi connectivity index (χ1) is 8.36. The Bertz CT molecular complexity index is 521. The minimum atomic E-state index is 0.0760. The number of fused-ring (bicyclic) bond motifs is 1. The van der Waals surface area contributed by atoms with E-state index in [4.69, 9.17) is 5.26 Å². The summed E-state index contributed by atoms with van der Waals surface area (Å²) in [5.74, 6) is 0. The van der Waals surface area contributed by atoms with E-state index in [1.807, 2.05) is 30.3 Å². The lowest BCUT2D eigenvalue weighted by atomic mass is 9.99. The number of hydrogen-bond donors (Lipinski definition) is 2. The number of hydrogen-bond acceptors (Lipinski definition) is 3. The van der Waals surface area contributed by atoms with Crippen molar-refractivity contribution in [2.75, 3.05) is 5.43 Å². The third-order valence-corrected chi connectivity index (χ3v) is 2.65. The van der Waals surface area contributed by atoms with Crippen molar-refractivity contribution in [1.29, 1.82) is 5.26 Å². The van der Waals surface area contributed by atoms with Crippen LogP contribution < -0.4 is 10.9 Å². The molecule has 0 radical (unpaired) electrons. The quantitative estimate of drug-likeness (QED) is 0.612. The highest BCUT2D eigenvalue weighted by atomic mass is 15.4. The van der Waals surface area contributed by atoms with Crippen molar-refractivity contribution in [3.8, 4) is 6.07 Å². The summed E-state index contributed by atoms with van der Waals surface area (Å²) in [6.45, 7) is 3.80. The number of nitriles is 1. The van der Waals surface area contributed by atoms with Gasteiger partial charge in [-0.05, 0) is 17.2 Å². The van der Waals surface area contributed by atoms with E-state index >= 15 is 0 Å². The second-order valence-electron chi connectivity index (χ2n) is 3.65. The van der Waals surface area contributed by atoms with Crippen molar-refractivity contribution in [1.82, 2.24) is 5.43 Å². The summed E-state index contributed by atoms with van der Waals surface area (Å²) in [5, 5.41) is 8.46. The molecule has 0 aromatic heterocycles. The first kappa shape index (κ1) is 11.2. The summed E-state index contributed by atoms with van der Waals surface area (Å²) in [5.41, 5.74) is 9.61. The molecule has 0 bridgehead atoms. The Kier molecular flexibility index (Phi) is 3.39. The minimum Gasteiger partial charge on any atom is -0.320 e. The van der Waals surface area contributed by atoms with E-state index in [1.54, 1.807) is 12.2 Å². The predicted octanol–water partition coefficient (Wildman–Crippen LogP) is 2.85. The molecule has 2 N–H and O–H groups in total. The number of rotatable bonds is 3. The van der Waals surface area contributed by atoms with Crippen LogP contribution in [0, 0.1) is 11.3 Å². The monoisotopic (exact) mass is 223 g/mol. The van der Waals surface area contributed by atoms with Gasteiger partial charge in [0.2, 0.25) is 0 Å². The normalized spacial score (nSPS) is 18.5. The third kappa shape index (κ3) is 2.27. The van der Waals surface area contributed by atoms with Crippen LogP contribution in [0.5, 0.6) is 0 Å². The molecule has 1 aromatic carbocycles. The number of allylic oxidation sites excluding steroid dienone is 3. The van der Waals surface area contributed by atoms with Gasteiger partial charge in [0.1, 0.15) is 0 Å². The summed E-state index contributed by atoms with van der Waals surface area (Å²) in [6.07, 6.45) is 6.85. The molecule has 0 amide bonds. The molecular weight excluding hydrogens is 210 g/mol. The molecule has 1 aliphatic heterocycles. The average molecular weight is 223 g/mol. The lowest BCUT2D eigenvalue weighted by molar-refractivity contribution is 0.728. The van der Waals surface area contributed by atoms with E-state index in [2.05, 4.69) is 23.5 Å². The Morgan fingerprint density at radius 3 is 3.00 bits per heavy atom. The van der Waals surface area contributed by atoms with E-state index in [9.17, 15) is 0 Å². The van der Waals surface area contributed by atoms with Crippen molar-refractivity contribution in [2.45, 2.75) is 6.04 Å². The summed E-state index contributed by atoms with van der Waals surface area (Å²) < 4.78 is 0. The number of nitrogens with one attached hydrogen (secondary N) is 2. The molecule has 3 heteroatoms. The molecular formula is C14H13N3. The SMILES string of the molecule is C=C/C(=C\C=C/C#N)C1NNc2ccccc21. The fraction of sp³-hybridized carbons (Fsp3) is 0.0714. The molecule has 0 saturated heterocycles. The molecule has 2 rings (SSSR count). The summed E-state index contributed by atoms with van der Waals surface area (Å²) in [6, 6.07) is 10.1. The molecule has 1 heterocycles. The van der Waals surface area contributed by atoms with Crippen LogP contribution in [0.3, 0.4) is 0 Å². The third-order valence-electron chi connectivity index (χ3n) is 2.65. The summed E-state index contributed by atoms with van der Waals surface area (Å²) in [4.78, 5) is 0. The number of nitrogens with zero attached hydrogens (tertiary/aromatic N) is 1. The van der Waals surface area contributed by atoms with Crippen LogP contribution >= 0.6 is 0 Å². The van der Waals surface area contributed by atoms with E-state index in [0.29, 0.717) is 0 Å². The zero-order chi connectivity index (χ0) is 12.1. The van der Waals surface area contributed by atoms with E-state index in [1.165, 1.54) is 11.6 Å². The van der Waals surface area contributed by atoms with Gasteiger partial charge < -0.3 is 5.43 Å². The highest BCUT2D eigenvalue weighted by Crippen LogP contribution is 2.32. The molecule has 0 aliphatic carbocycles. The fourth-order valence-electron chi connectivity index (χ4n) is 1.84. The Labute approximate surface area is 101 Å². The zero-order valence-corrected chi connectivity index (χ0v) is 9.35. The Balaban J connectivity index is 2.30. The van der Waals surface area contributed by atoms with Crippen LogP contribution in [0.1, 0.15) is 11.6 Å². The minimum absolute atomic E-state index is 0.0760. The van der Waals surface area contributed by atoms with Crippen molar-refractivity contribution < 1.29 is 0 Å². The first-order valence-electron chi connectivity index (χ1n) is 5.36. The average Bonchev–Trinajstić information content (AvgIpc) is 2.79. The molecule has 0 saturated carbocycles. The summed E-state index contributed by atoms with van der Waals surface area (Å²) in [7, 11) is 0. The molecule has 3 nitrogen and oxygen atoms in total. The highest BCUT2D eigenvalue weighted by Gasteiger charge is 2.22. The molecule has 17 heavy (non-hydrogen) atoms.